The van der Waals surface area contributed by atoms with E-state index in [9.17, 15) is 13.6 Å². The molecule has 0 spiro atoms. The van der Waals surface area contributed by atoms with Crippen LogP contribution in [0.25, 0.3) is 6.08 Å². The van der Waals surface area contributed by atoms with Gasteiger partial charge in [-0.3, -0.25) is 9.78 Å². The number of rotatable bonds is 8. The third-order valence-corrected chi connectivity index (χ3v) is 5.67. The third-order valence-electron chi connectivity index (χ3n) is 4.53. The minimum absolute atomic E-state index is 0.0956. The molecule has 2 heterocycles. The van der Waals surface area contributed by atoms with Crippen molar-refractivity contribution in [3.63, 3.8) is 0 Å². The lowest BCUT2D eigenvalue weighted by Crippen LogP contribution is -2.39. The largest absolute Gasteiger partial charge is 0.493 e. The molecule has 0 radical (unpaired) electrons. The Kier molecular flexibility index (Phi) is 7.46. The quantitative estimate of drug-likeness (QED) is 0.598. The molecule has 1 amide bonds. The normalized spacial score (nSPS) is 16.3. The molecular weight excluding hydrogens is 398 g/mol. The van der Waals surface area contributed by atoms with Crippen LogP contribution in [0.15, 0.2) is 48.7 Å². The van der Waals surface area contributed by atoms with Gasteiger partial charge in [0, 0.05) is 29.6 Å². The predicted octanol–water partition coefficient (Wildman–Crippen LogP) is 4.24. The first kappa shape index (κ1) is 21.1. The Balaban J connectivity index is 1.83. The fourth-order valence-electron chi connectivity index (χ4n) is 3.12. The van der Waals surface area contributed by atoms with E-state index in [2.05, 4.69) is 9.72 Å². The molecule has 1 aliphatic heterocycles. The van der Waals surface area contributed by atoms with Crippen molar-refractivity contribution in [2.75, 3.05) is 18.6 Å². The van der Waals surface area contributed by atoms with Gasteiger partial charge in [0.25, 0.3) is 0 Å². The highest BCUT2D eigenvalue weighted by Crippen LogP contribution is 2.33. The Bertz CT molecular complexity index is 843. The molecule has 1 aromatic carbocycles. The van der Waals surface area contributed by atoms with Gasteiger partial charge >= 0.3 is 6.61 Å². The maximum atomic E-state index is 13.0. The minimum atomic E-state index is -3.00. The molecule has 0 saturated carbocycles. The van der Waals surface area contributed by atoms with E-state index < -0.39 is 6.61 Å². The average Bonchev–Trinajstić information content (AvgIpc) is 3.26. The zero-order valence-electron chi connectivity index (χ0n) is 16.0. The Labute approximate surface area is 172 Å². The Hall–Kier alpha value is -2.61. The molecule has 1 aliphatic rings. The molecular formula is C21H22F2N2O3S. The summed E-state index contributed by atoms with van der Waals surface area (Å²) in [5, 5.41) is 0. The van der Waals surface area contributed by atoms with Gasteiger partial charge in [-0.2, -0.15) is 20.5 Å². The second-order valence-electron chi connectivity index (χ2n) is 6.40. The summed E-state index contributed by atoms with van der Waals surface area (Å²) in [5.74, 6) is 1.75. The SMILES string of the molecule is COc1cccc(/C=C\C(=O)N(Cc2ccccn2)[C@H]2CCSC2)c1OC(F)F. The summed E-state index contributed by atoms with van der Waals surface area (Å²) < 4.78 is 35.3. The second kappa shape index (κ2) is 10.2. The van der Waals surface area contributed by atoms with Crippen molar-refractivity contribution in [1.82, 2.24) is 9.88 Å². The number of methoxy groups -OCH3 is 1. The zero-order chi connectivity index (χ0) is 20.6. The number of para-hydroxylation sites is 1. The van der Waals surface area contributed by atoms with Crippen LogP contribution >= 0.6 is 11.8 Å². The summed E-state index contributed by atoms with van der Waals surface area (Å²) in [5.41, 5.74) is 1.14. The third kappa shape index (κ3) is 5.69. The number of thioether (sulfide) groups is 1. The van der Waals surface area contributed by atoms with Crippen LogP contribution in [-0.2, 0) is 11.3 Å². The van der Waals surface area contributed by atoms with Crippen LogP contribution in [0.2, 0.25) is 0 Å². The van der Waals surface area contributed by atoms with Crippen LogP contribution in [0.4, 0.5) is 8.78 Å². The van der Waals surface area contributed by atoms with Gasteiger partial charge in [-0.05, 0) is 36.4 Å². The average molecular weight is 420 g/mol. The number of alkyl halides is 2. The standard InChI is InChI=1S/C21H22F2N2O3S/c1-27-18-7-4-5-15(20(18)28-21(22)23)8-9-19(26)25(17-10-12-29-14-17)13-16-6-2-3-11-24-16/h2-9,11,17,21H,10,12-14H2,1H3/b9-8-/t17-/m0/s1. The number of carbonyl (C=O) groups excluding carboxylic acids is 1. The highest BCUT2D eigenvalue weighted by molar-refractivity contribution is 7.99. The minimum Gasteiger partial charge on any atom is -0.493 e. The summed E-state index contributed by atoms with van der Waals surface area (Å²) in [7, 11) is 1.37. The number of hydrogen-bond donors (Lipinski definition) is 0. The number of aromatic nitrogens is 1. The first-order chi connectivity index (χ1) is 14.1. The predicted molar refractivity (Wildman–Crippen MR) is 109 cm³/mol. The van der Waals surface area contributed by atoms with Gasteiger partial charge in [0.1, 0.15) is 0 Å². The van der Waals surface area contributed by atoms with E-state index in [4.69, 9.17) is 4.74 Å². The van der Waals surface area contributed by atoms with Gasteiger partial charge in [0.05, 0.1) is 19.3 Å². The molecule has 1 aromatic heterocycles. The van der Waals surface area contributed by atoms with Crippen molar-refractivity contribution in [2.24, 2.45) is 0 Å². The van der Waals surface area contributed by atoms with Gasteiger partial charge < -0.3 is 14.4 Å². The number of halogens is 2. The highest BCUT2D eigenvalue weighted by Gasteiger charge is 2.26. The van der Waals surface area contributed by atoms with Crippen LogP contribution in [0.1, 0.15) is 17.7 Å². The Morgan fingerprint density at radius 1 is 1.34 bits per heavy atom. The summed E-state index contributed by atoms with van der Waals surface area (Å²) in [6.45, 7) is -2.60. The van der Waals surface area contributed by atoms with Gasteiger partial charge in [0.2, 0.25) is 5.91 Å². The molecule has 0 N–H and O–H groups in total. The van der Waals surface area contributed by atoms with E-state index in [0.29, 0.717) is 12.1 Å². The smallest absolute Gasteiger partial charge is 0.387 e. The Morgan fingerprint density at radius 3 is 2.86 bits per heavy atom. The lowest BCUT2D eigenvalue weighted by atomic mass is 10.1. The molecule has 154 valence electrons. The second-order valence-corrected chi connectivity index (χ2v) is 7.54. The van der Waals surface area contributed by atoms with Crippen molar-refractivity contribution in [3.8, 4) is 11.5 Å². The molecule has 5 nitrogen and oxygen atoms in total. The first-order valence-electron chi connectivity index (χ1n) is 9.16. The Morgan fingerprint density at radius 2 is 2.21 bits per heavy atom. The van der Waals surface area contributed by atoms with Gasteiger partial charge in [0.15, 0.2) is 11.5 Å². The van der Waals surface area contributed by atoms with Crippen molar-refractivity contribution >= 4 is 23.7 Å². The molecule has 0 unspecified atom stereocenters. The zero-order valence-corrected chi connectivity index (χ0v) is 16.8. The lowest BCUT2D eigenvalue weighted by molar-refractivity contribution is -0.128. The summed E-state index contributed by atoms with van der Waals surface area (Å²) >= 11 is 1.81. The molecule has 0 aliphatic carbocycles. The maximum Gasteiger partial charge on any atom is 0.387 e. The molecule has 1 saturated heterocycles. The molecule has 1 atom stereocenters. The first-order valence-corrected chi connectivity index (χ1v) is 10.3. The molecule has 8 heteroatoms. The van der Waals surface area contributed by atoms with E-state index in [1.807, 2.05) is 30.0 Å². The monoisotopic (exact) mass is 420 g/mol. The van der Waals surface area contributed by atoms with Crippen molar-refractivity contribution in [1.29, 1.82) is 0 Å². The van der Waals surface area contributed by atoms with Crippen LogP contribution in [0.3, 0.4) is 0 Å². The number of benzene rings is 1. The highest BCUT2D eigenvalue weighted by atomic mass is 32.2. The van der Waals surface area contributed by atoms with Gasteiger partial charge in [-0.15, -0.1) is 0 Å². The summed E-state index contributed by atoms with van der Waals surface area (Å²) in [6, 6.07) is 10.5. The van der Waals surface area contributed by atoms with E-state index in [-0.39, 0.29) is 23.4 Å². The number of carbonyl (C=O) groups is 1. The fourth-order valence-corrected chi connectivity index (χ4v) is 4.34. The number of amides is 1. The maximum absolute atomic E-state index is 13.0. The lowest BCUT2D eigenvalue weighted by Gasteiger charge is -2.27. The number of nitrogens with zero attached hydrogens (tertiary/aromatic N) is 2. The van der Waals surface area contributed by atoms with Crippen molar-refractivity contribution in [3.05, 3.63) is 59.9 Å². The summed E-state index contributed by atoms with van der Waals surface area (Å²) in [6.07, 6.45) is 5.48. The number of ether oxygens (including phenoxy) is 2. The van der Waals surface area contributed by atoms with E-state index in [1.54, 1.807) is 23.2 Å². The van der Waals surface area contributed by atoms with Crippen LogP contribution in [-0.4, -0.2) is 47.1 Å². The number of pyridine rings is 1. The topological polar surface area (TPSA) is 51.7 Å². The van der Waals surface area contributed by atoms with E-state index in [0.717, 1.165) is 23.6 Å². The summed E-state index contributed by atoms with van der Waals surface area (Å²) in [4.78, 5) is 19.1. The molecule has 29 heavy (non-hydrogen) atoms. The van der Waals surface area contributed by atoms with Gasteiger partial charge in [-0.25, -0.2) is 0 Å². The number of hydrogen-bond acceptors (Lipinski definition) is 5. The van der Waals surface area contributed by atoms with Crippen LogP contribution < -0.4 is 9.47 Å². The molecule has 2 aromatic rings. The molecule has 1 fully saturated rings. The van der Waals surface area contributed by atoms with Crippen LogP contribution in [0, 0.1) is 0 Å². The van der Waals surface area contributed by atoms with Crippen LogP contribution in [0.5, 0.6) is 11.5 Å². The van der Waals surface area contributed by atoms with Gasteiger partial charge in [-0.1, -0.05) is 18.2 Å². The van der Waals surface area contributed by atoms with E-state index in [1.165, 1.54) is 25.3 Å². The molecule has 3 rings (SSSR count). The van der Waals surface area contributed by atoms with Crippen molar-refractivity contribution < 1.29 is 23.0 Å². The van der Waals surface area contributed by atoms with Crippen molar-refractivity contribution in [2.45, 2.75) is 25.6 Å². The molecule has 0 bridgehead atoms. The fraction of sp³-hybridized carbons (Fsp3) is 0.333. The van der Waals surface area contributed by atoms with E-state index >= 15 is 0 Å².